The van der Waals surface area contributed by atoms with Gasteiger partial charge in [0.25, 0.3) is 5.91 Å². The maximum absolute atomic E-state index is 12.7. The number of fused-ring (bicyclic) bond motifs is 1. The molecular weight excluding hydrogens is 406 g/mol. The Morgan fingerprint density at radius 2 is 2.06 bits per heavy atom. The van der Waals surface area contributed by atoms with E-state index in [1.807, 2.05) is 42.7 Å². The summed E-state index contributed by atoms with van der Waals surface area (Å²) in [7, 11) is 0. The topological polar surface area (TPSA) is 100 Å². The predicted molar refractivity (Wildman–Crippen MR) is 121 cm³/mol. The number of carbonyl (C=O) groups is 1. The van der Waals surface area contributed by atoms with Gasteiger partial charge in [-0.15, -0.1) is 0 Å². The van der Waals surface area contributed by atoms with E-state index in [0.717, 1.165) is 41.1 Å². The van der Waals surface area contributed by atoms with Gasteiger partial charge in [-0.2, -0.15) is 0 Å². The first-order valence-electron chi connectivity index (χ1n) is 11.0. The van der Waals surface area contributed by atoms with Gasteiger partial charge in [0, 0.05) is 55.4 Å². The number of nitrogens with zero attached hydrogens (tertiary/aromatic N) is 4. The second kappa shape index (κ2) is 10.1. The number of aliphatic hydroxyl groups excluding tert-OH is 1. The van der Waals surface area contributed by atoms with Crippen LogP contribution in [0.1, 0.15) is 53.3 Å². The molecule has 1 amide bonds. The van der Waals surface area contributed by atoms with Crippen molar-refractivity contribution in [1.82, 2.24) is 25.2 Å². The molecule has 1 atom stereocenters. The van der Waals surface area contributed by atoms with Crippen LogP contribution in [0.2, 0.25) is 0 Å². The largest absolute Gasteiger partial charge is 0.395 e. The van der Waals surface area contributed by atoms with Crippen LogP contribution in [0.25, 0.3) is 10.9 Å². The highest BCUT2D eigenvalue weighted by Gasteiger charge is 2.25. The molecule has 1 fully saturated rings. The Morgan fingerprint density at radius 1 is 1.28 bits per heavy atom. The summed E-state index contributed by atoms with van der Waals surface area (Å²) >= 11 is 0. The minimum atomic E-state index is -0.242. The Kier molecular flexibility index (Phi) is 7.04. The van der Waals surface area contributed by atoms with Crippen molar-refractivity contribution >= 4 is 16.8 Å². The molecule has 1 aromatic carbocycles. The molecular formula is C24H29N5O3. The van der Waals surface area contributed by atoms with Crippen LogP contribution < -0.4 is 5.32 Å². The van der Waals surface area contributed by atoms with Crippen LogP contribution in [-0.4, -0.2) is 63.7 Å². The first-order valence-corrected chi connectivity index (χ1v) is 11.0. The summed E-state index contributed by atoms with van der Waals surface area (Å²) in [4.78, 5) is 28.7. The molecule has 2 N–H and O–H groups in total. The van der Waals surface area contributed by atoms with Crippen LogP contribution in [0.4, 0.5) is 0 Å². The van der Waals surface area contributed by atoms with Crippen LogP contribution in [0, 0.1) is 0 Å². The van der Waals surface area contributed by atoms with Gasteiger partial charge in [0.15, 0.2) is 0 Å². The Morgan fingerprint density at radius 3 is 2.81 bits per heavy atom. The molecule has 168 valence electrons. The van der Waals surface area contributed by atoms with E-state index in [-0.39, 0.29) is 25.2 Å². The number of amides is 1. The number of morpholine rings is 1. The van der Waals surface area contributed by atoms with Crippen molar-refractivity contribution in [2.45, 2.75) is 32.4 Å². The van der Waals surface area contributed by atoms with Gasteiger partial charge in [0.05, 0.1) is 30.0 Å². The van der Waals surface area contributed by atoms with Crippen molar-refractivity contribution in [2.24, 2.45) is 0 Å². The maximum atomic E-state index is 12.7. The Bertz CT molecular complexity index is 1070. The molecule has 2 aromatic heterocycles. The Hall–Kier alpha value is -2.94. The van der Waals surface area contributed by atoms with E-state index in [2.05, 4.69) is 34.0 Å². The number of aromatic nitrogens is 3. The lowest BCUT2D eigenvalue weighted by molar-refractivity contribution is -0.0349. The van der Waals surface area contributed by atoms with Gasteiger partial charge in [-0.05, 0) is 12.1 Å². The molecule has 0 saturated carbocycles. The van der Waals surface area contributed by atoms with Crippen LogP contribution in [-0.2, 0) is 11.3 Å². The third-order valence-electron chi connectivity index (χ3n) is 5.51. The van der Waals surface area contributed by atoms with Gasteiger partial charge >= 0.3 is 0 Å². The fraction of sp³-hybridized carbons (Fsp3) is 0.417. The SMILES string of the molecule is CC(C)c1ncc(CN2CCO[C@H](c3cc(C(=O)NCCO)c4ccccc4n3)C2)cn1. The number of ether oxygens (including phenoxy) is 1. The van der Waals surface area contributed by atoms with E-state index < -0.39 is 0 Å². The predicted octanol–water partition coefficient (Wildman–Crippen LogP) is 2.44. The zero-order valence-electron chi connectivity index (χ0n) is 18.5. The lowest BCUT2D eigenvalue weighted by Gasteiger charge is -2.32. The third-order valence-corrected chi connectivity index (χ3v) is 5.51. The fourth-order valence-corrected chi connectivity index (χ4v) is 3.84. The minimum Gasteiger partial charge on any atom is -0.395 e. The number of benzene rings is 1. The second-order valence-corrected chi connectivity index (χ2v) is 8.29. The molecule has 8 nitrogen and oxygen atoms in total. The van der Waals surface area contributed by atoms with Crippen LogP contribution >= 0.6 is 0 Å². The Labute approximate surface area is 187 Å². The average molecular weight is 436 g/mol. The van der Waals surface area contributed by atoms with E-state index in [1.54, 1.807) is 0 Å². The monoisotopic (exact) mass is 435 g/mol. The zero-order valence-corrected chi connectivity index (χ0v) is 18.5. The highest BCUT2D eigenvalue weighted by Crippen LogP contribution is 2.26. The molecule has 0 aliphatic carbocycles. The van der Waals surface area contributed by atoms with E-state index >= 15 is 0 Å². The van der Waals surface area contributed by atoms with Crippen LogP contribution in [0.3, 0.4) is 0 Å². The van der Waals surface area contributed by atoms with Crippen molar-refractivity contribution in [3.8, 4) is 0 Å². The first kappa shape index (κ1) is 22.3. The van der Waals surface area contributed by atoms with Crippen molar-refractivity contribution in [1.29, 1.82) is 0 Å². The highest BCUT2D eigenvalue weighted by molar-refractivity contribution is 6.06. The number of pyridine rings is 1. The quantitative estimate of drug-likeness (QED) is 0.588. The molecule has 3 heterocycles. The number of nitrogens with one attached hydrogen (secondary N) is 1. The summed E-state index contributed by atoms with van der Waals surface area (Å²) in [6.45, 7) is 7.04. The normalized spacial score (nSPS) is 17.1. The lowest BCUT2D eigenvalue weighted by Crippen LogP contribution is -2.38. The summed E-state index contributed by atoms with van der Waals surface area (Å²) < 4.78 is 6.04. The fourth-order valence-electron chi connectivity index (χ4n) is 3.84. The summed E-state index contributed by atoms with van der Waals surface area (Å²) in [6.07, 6.45) is 3.55. The smallest absolute Gasteiger partial charge is 0.252 e. The van der Waals surface area contributed by atoms with Crippen molar-refractivity contribution in [2.75, 3.05) is 32.8 Å². The summed E-state index contributed by atoms with van der Waals surface area (Å²) in [6, 6.07) is 9.38. The van der Waals surface area contributed by atoms with Gasteiger partial charge < -0.3 is 15.2 Å². The third kappa shape index (κ3) is 5.09. The number of hydrogen-bond donors (Lipinski definition) is 2. The van der Waals surface area contributed by atoms with Gasteiger partial charge in [-0.1, -0.05) is 32.0 Å². The molecule has 0 spiro atoms. The summed E-state index contributed by atoms with van der Waals surface area (Å²) in [5, 5.41) is 12.6. The van der Waals surface area contributed by atoms with E-state index in [0.29, 0.717) is 24.6 Å². The molecule has 0 radical (unpaired) electrons. The zero-order chi connectivity index (χ0) is 22.5. The summed E-state index contributed by atoms with van der Waals surface area (Å²) in [5.74, 6) is 0.925. The van der Waals surface area contributed by atoms with Gasteiger partial charge in [-0.3, -0.25) is 9.69 Å². The number of para-hydroxylation sites is 1. The number of aliphatic hydroxyl groups is 1. The number of carbonyl (C=O) groups excluding carboxylic acids is 1. The molecule has 1 saturated heterocycles. The molecule has 4 rings (SSSR count). The first-order chi connectivity index (χ1) is 15.5. The standard InChI is InChI=1S/C24H29N5O3/c1-16(2)23-26-12-17(13-27-23)14-29-8-10-32-22(15-29)21-11-19(24(31)25-7-9-30)18-5-3-4-6-20(18)28-21/h3-6,11-13,16,22,30H,7-10,14-15H2,1-2H3,(H,25,31)/t22-/m0/s1. The maximum Gasteiger partial charge on any atom is 0.252 e. The van der Waals surface area contributed by atoms with Crippen LogP contribution in [0.5, 0.6) is 0 Å². The van der Waals surface area contributed by atoms with Crippen molar-refractivity contribution in [3.63, 3.8) is 0 Å². The second-order valence-electron chi connectivity index (χ2n) is 8.29. The molecule has 8 heteroatoms. The average Bonchev–Trinajstić information content (AvgIpc) is 2.82. The molecule has 1 aliphatic rings. The number of hydrogen-bond acceptors (Lipinski definition) is 7. The van der Waals surface area contributed by atoms with Crippen molar-refractivity contribution < 1.29 is 14.6 Å². The number of rotatable bonds is 7. The molecule has 32 heavy (non-hydrogen) atoms. The molecule has 1 aliphatic heterocycles. The molecule has 0 bridgehead atoms. The summed E-state index contributed by atoms with van der Waals surface area (Å²) in [5.41, 5.74) is 3.08. The minimum absolute atomic E-state index is 0.107. The highest BCUT2D eigenvalue weighted by atomic mass is 16.5. The Balaban J connectivity index is 1.54. The lowest BCUT2D eigenvalue weighted by atomic mass is 10.0. The van der Waals surface area contributed by atoms with Crippen molar-refractivity contribution in [3.05, 3.63) is 65.4 Å². The van der Waals surface area contributed by atoms with E-state index in [1.165, 1.54) is 0 Å². The molecule has 0 unspecified atom stereocenters. The van der Waals surface area contributed by atoms with E-state index in [9.17, 15) is 4.79 Å². The molecule has 3 aromatic rings. The van der Waals surface area contributed by atoms with Crippen LogP contribution in [0.15, 0.2) is 42.7 Å². The van der Waals surface area contributed by atoms with Gasteiger partial charge in [-0.25, -0.2) is 15.0 Å². The van der Waals surface area contributed by atoms with E-state index in [4.69, 9.17) is 14.8 Å². The van der Waals surface area contributed by atoms with Gasteiger partial charge in [0.1, 0.15) is 11.9 Å². The van der Waals surface area contributed by atoms with Gasteiger partial charge in [0.2, 0.25) is 0 Å².